The van der Waals surface area contributed by atoms with Crippen molar-refractivity contribution >= 4 is 17.5 Å². The van der Waals surface area contributed by atoms with Crippen LogP contribution in [0.4, 0.5) is 0 Å². The maximum atomic E-state index is 12.4. The highest BCUT2D eigenvalue weighted by molar-refractivity contribution is 6.30. The highest BCUT2D eigenvalue weighted by Gasteiger charge is 2.30. The lowest BCUT2D eigenvalue weighted by molar-refractivity contribution is -0.136. The fraction of sp³-hybridized carbons (Fsp3) is 0.500. The van der Waals surface area contributed by atoms with Crippen LogP contribution in [0.3, 0.4) is 0 Å². The maximum absolute atomic E-state index is 12.4. The summed E-state index contributed by atoms with van der Waals surface area (Å²) in [7, 11) is 0. The van der Waals surface area contributed by atoms with Crippen LogP contribution in [-0.2, 0) is 4.79 Å². The average molecular weight is 348 g/mol. The van der Waals surface area contributed by atoms with E-state index in [0.29, 0.717) is 23.3 Å². The van der Waals surface area contributed by atoms with Gasteiger partial charge in [-0.15, -0.1) is 0 Å². The normalized spacial score (nSPS) is 19.3. The van der Waals surface area contributed by atoms with E-state index in [1.54, 1.807) is 0 Å². The van der Waals surface area contributed by atoms with Crippen LogP contribution in [0.1, 0.15) is 44.9 Å². The van der Waals surface area contributed by atoms with Gasteiger partial charge in [0, 0.05) is 29.6 Å². The van der Waals surface area contributed by atoms with Crippen molar-refractivity contribution in [3.05, 3.63) is 35.2 Å². The predicted molar refractivity (Wildman–Crippen MR) is 92.8 cm³/mol. The number of nitrogens with zero attached hydrogens (tertiary/aromatic N) is 3. The molecule has 2 unspecified atom stereocenters. The average Bonchev–Trinajstić information content (AvgIpc) is 3.11. The second kappa shape index (κ2) is 7.34. The van der Waals surface area contributed by atoms with Gasteiger partial charge in [0.25, 0.3) is 0 Å². The van der Waals surface area contributed by atoms with Gasteiger partial charge in [-0.25, -0.2) is 0 Å². The Hall–Kier alpha value is -1.88. The summed E-state index contributed by atoms with van der Waals surface area (Å²) in [5.74, 6) is 1.53. The molecule has 2 aromatic rings. The van der Waals surface area contributed by atoms with Crippen molar-refractivity contribution in [1.82, 2.24) is 15.0 Å². The van der Waals surface area contributed by atoms with E-state index >= 15 is 0 Å². The van der Waals surface area contributed by atoms with Gasteiger partial charge in [0.05, 0.1) is 5.92 Å². The molecule has 1 saturated heterocycles. The fourth-order valence-corrected chi connectivity index (χ4v) is 3.20. The number of carbonyl (C=O) groups excluding carboxylic acids is 1. The largest absolute Gasteiger partial charge is 0.342 e. The zero-order valence-corrected chi connectivity index (χ0v) is 14.8. The molecule has 3 rings (SSSR count). The van der Waals surface area contributed by atoms with Gasteiger partial charge in [0.2, 0.25) is 17.6 Å². The number of carbonyl (C=O) groups is 1. The minimum Gasteiger partial charge on any atom is -0.342 e. The van der Waals surface area contributed by atoms with Crippen LogP contribution in [-0.4, -0.2) is 34.0 Å². The number of hydrogen-bond acceptors (Lipinski definition) is 4. The van der Waals surface area contributed by atoms with E-state index in [1.807, 2.05) is 43.0 Å². The molecule has 0 spiro atoms. The first kappa shape index (κ1) is 17.0. The van der Waals surface area contributed by atoms with Crippen LogP contribution in [0.15, 0.2) is 28.8 Å². The Labute approximate surface area is 147 Å². The smallest absolute Gasteiger partial charge is 0.231 e. The molecule has 24 heavy (non-hydrogen) atoms. The second-order valence-corrected chi connectivity index (χ2v) is 6.84. The molecule has 1 amide bonds. The predicted octanol–water partition coefficient (Wildman–Crippen LogP) is 4.14. The number of piperidine rings is 1. The Bertz CT molecular complexity index is 716. The second-order valence-electron chi connectivity index (χ2n) is 6.40. The molecule has 1 aliphatic rings. The molecule has 1 aromatic carbocycles. The lowest BCUT2D eigenvalue weighted by atomic mass is 9.96. The Morgan fingerprint density at radius 1 is 1.50 bits per heavy atom. The molecule has 1 fully saturated rings. The summed E-state index contributed by atoms with van der Waals surface area (Å²) in [6, 6.07) is 7.39. The summed E-state index contributed by atoms with van der Waals surface area (Å²) in [5, 5.41) is 4.72. The molecule has 0 N–H and O–H groups in total. The first-order valence-corrected chi connectivity index (χ1v) is 8.84. The van der Waals surface area contributed by atoms with E-state index in [2.05, 4.69) is 10.1 Å². The molecule has 6 heteroatoms. The van der Waals surface area contributed by atoms with E-state index in [1.165, 1.54) is 0 Å². The summed E-state index contributed by atoms with van der Waals surface area (Å²) in [4.78, 5) is 18.9. The summed E-state index contributed by atoms with van der Waals surface area (Å²) in [6.07, 6.45) is 2.78. The number of amides is 1. The maximum Gasteiger partial charge on any atom is 0.231 e. The molecule has 2 atom stereocenters. The minimum absolute atomic E-state index is 0.0634. The van der Waals surface area contributed by atoms with E-state index in [9.17, 15) is 4.79 Å². The first-order valence-electron chi connectivity index (χ1n) is 8.46. The van der Waals surface area contributed by atoms with Gasteiger partial charge in [-0.2, -0.15) is 4.98 Å². The fourth-order valence-electron chi connectivity index (χ4n) is 3.01. The third-order valence-electron chi connectivity index (χ3n) is 4.64. The molecular weight excluding hydrogens is 326 g/mol. The Morgan fingerprint density at radius 3 is 3.08 bits per heavy atom. The molecule has 5 nitrogen and oxygen atoms in total. The Kier molecular flexibility index (Phi) is 5.19. The summed E-state index contributed by atoms with van der Waals surface area (Å²) in [5.41, 5.74) is 0.834. The van der Waals surface area contributed by atoms with E-state index in [0.717, 1.165) is 31.4 Å². The molecule has 0 aliphatic carbocycles. The summed E-state index contributed by atoms with van der Waals surface area (Å²) < 4.78 is 5.47. The quantitative estimate of drug-likeness (QED) is 0.833. The van der Waals surface area contributed by atoms with Crippen molar-refractivity contribution in [2.75, 3.05) is 13.1 Å². The third kappa shape index (κ3) is 3.61. The van der Waals surface area contributed by atoms with Crippen molar-refractivity contribution < 1.29 is 9.32 Å². The van der Waals surface area contributed by atoms with E-state index in [-0.39, 0.29) is 17.7 Å². The SMILES string of the molecule is CCC(C)C(=O)N1CCCC(c2nc(-c3cccc(Cl)c3)no2)C1. The van der Waals surface area contributed by atoms with Crippen LogP contribution in [0.5, 0.6) is 0 Å². The number of rotatable bonds is 4. The van der Waals surface area contributed by atoms with Crippen LogP contribution in [0, 0.1) is 5.92 Å². The zero-order chi connectivity index (χ0) is 17.1. The molecule has 0 radical (unpaired) electrons. The van der Waals surface area contributed by atoms with Gasteiger partial charge >= 0.3 is 0 Å². The van der Waals surface area contributed by atoms with Crippen LogP contribution in [0.2, 0.25) is 5.02 Å². The molecule has 1 aliphatic heterocycles. The number of hydrogen-bond donors (Lipinski definition) is 0. The van der Waals surface area contributed by atoms with Gasteiger partial charge in [-0.05, 0) is 31.4 Å². The summed E-state index contributed by atoms with van der Waals surface area (Å²) >= 11 is 6.02. The van der Waals surface area contributed by atoms with Crippen molar-refractivity contribution in [2.24, 2.45) is 5.92 Å². The number of aromatic nitrogens is 2. The number of benzene rings is 1. The number of likely N-dealkylation sites (tertiary alicyclic amines) is 1. The molecular formula is C18H22ClN3O2. The molecule has 128 valence electrons. The topological polar surface area (TPSA) is 59.2 Å². The van der Waals surface area contributed by atoms with Crippen LogP contribution < -0.4 is 0 Å². The monoisotopic (exact) mass is 347 g/mol. The van der Waals surface area contributed by atoms with Gasteiger partial charge in [-0.1, -0.05) is 42.7 Å². The first-order chi connectivity index (χ1) is 11.6. The minimum atomic E-state index is 0.0634. The van der Waals surface area contributed by atoms with Crippen molar-refractivity contribution in [3.63, 3.8) is 0 Å². The zero-order valence-electron chi connectivity index (χ0n) is 14.0. The van der Waals surface area contributed by atoms with Crippen molar-refractivity contribution in [2.45, 2.75) is 39.0 Å². The Balaban J connectivity index is 1.74. The lowest BCUT2D eigenvalue weighted by Crippen LogP contribution is -2.41. The Morgan fingerprint density at radius 2 is 2.33 bits per heavy atom. The highest BCUT2D eigenvalue weighted by Crippen LogP contribution is 2.29. The van der Waals surface area contributed by atoms with Crippen LogP contribution in [0.25, 0.3) is 11.4 Å². The van der Waals surface area contributed by atoms with Crippen LogP contribution >= 0.6 is 11.6 Å². The number of halogens is 1. The molecule has 0 saturated carbocycles. The standard InChI is InChI=1S/C18H22ClN3O2/c1-3-12(2)18(23)22-9-5-7-14(11-22)17-20-16(21-24-17)13-6-4-8-15(19)10-13/h4,6,8,10,12,14H,3,5,7,9,11H2,1-2H3. The van der Waals surface area contributed by atoms with Gasteiger partial charge in [-0.3, -0.25) is 4.79 Å². The van der Waals surface area contributed by atoms with Crippen molar-refractivity contribution in [1.29, 1.82) is 0 Å². The highest BCUT2D eigenvalue weighted by atomic mass is 35.5. The van der Waals surface area contributed by atoms with Gasteiger partial charge in [0.15, 0.2) is 0 Å². The molecule has 1 aromatic heterocycles. The molecule has 2 heterocycles. The van der Waals surface area contributed by atoms with E-state index in [4.69, 9.17) is 16.1 Å². The van der Waals surface area contributed by atoms with Gasteiger partial charge in [0.1, 0.15) is 0 Å². The molecule has 0 bridgehead atoms. The van der Waals surface area contributed by atoms with Gasteiger partial charge < -0.3 is 9.42 Å². The van der Waals surface area contributed by atoms with E-state index < -0.39 is 0 Å². The lowest BCUT2D eigenvalue weighted by Gasteiger charge is -2.32. The van der Waals surface area contributed by atoms with Crippen molar-refractivity contribution in [3.8, 4) is 11.4 Å². The third-order valence-corrected chi connectivity index (χ3v) is 4.88. The summed E-state index contributed by atoms with van der Waals surface area (Å²) in [6.45, 7) is 5.49.